The van der Waals surface area contributed by atoms with Crippen LogP contribution in [0.2, 0.25) is 0 Å². The molecule has 0 bridgehead atoms. The molecule has 6 nitrogen and oxygen atoms in total. The Morgan fingerprint density at radius 2 is 1.86 bits per heavy atom. The van der Waals surface area contributed by atoms with Crippen LogP contribution in [-0.4, -0.2) is 69.0 Å². The van der Waals surface area contributed by atoms with Crippen molar-refractivity contribution >= 4 is 10.2 Å². The van der Waals surface area contributed by atoms with Crippen LogP contribution in [0.25, 0.3) is 0 Å². The number of rotatable bonds is 6. The number of nitrogens with one attached hydrogen (secondary N) is 1. The maximum atomic E-state index is 12.9. The van der Waals surface area contributed by atoms with Crippen molar-refractivity contribution < 1.29 is 13.2 Å². The van der Waals surface area contributed by atoms with Gasteiger partial charge in [-0.2, -0.15) is 17.0 Å². The highest BCUT2D eigenvalue weighted by molar-refractivity contribution is 7.86. The number of hydrogen-bond donors (Lipinski definition) is 1. The van der Waals surface area contributed by atoms with Gasteiger partial charge < -0.3 is 10.1 Å². The van der Waals surface area contributed by atoms with Gasteiger partial charge in [0.2, 0.25) is 0 Å². The van der Waals surface area contributed by atoms with Gasteiger partial charge in [0, 0.05) is 39.3 Å². The van der Waals surface area contributed by atoms with Crippen LogP contribution in [0.1, 0.15) is 39.0 Å². The van der Waals surface area contributed by atoms with Crippen molar-refractivity contribution in [1.82, 2.24) is 13.9 Å². The lowest BCUT2D eigenvalue weighted by Crippen LogP contribution is -2.55. The lowest BCUT2D eigenvalue weighted by atomic mass is 10.1. The summed E-state index contributed by atoms with van der Waals surface area (Å²) in [7, 11) is -1.62. The Kier molecular flexibility index (Phi) is 6.43. The third-order valence-electron chi connectivity index (χ3n) is 4.56. The first-order chi connectivity index (χ1) is 10.1. The SMILES string of the molecule is CCNCC1CCCCN1S(=O)(=O)N1CCC(OC)CC1. The normalized spacial score (nSPS) is 27.0. The summed E-state index contributed by atoms with van der Waals surface area (Å²) in [5.41, 5.74) is 0. The number of piperidine rings is 2. The summed E-state index contributed by atoms with van der Waals surface area (Å²) < 4.78 is 34.5. The predicted molar refractivity (Wildman–Crippen MR) is 83.4 cm³/mol. The first-order valence-electron chi connectivity index (χ1n) is 8.10. The van der Waals surface area contributed by atoms with Crippen LogP contribution in [0.4, 0.5) is 0 Å². The zero-order chi connectivity index (χ0) is 15.3. The number of likely N-dealkylation sites (N-methyl/N-ethyl adjacent to an activating group) is 1. The number of hydrogen-bond acceptors (Lipinski definition) is 4. The molecular formula is C14H29N3O3S. The lowest BCUT2D eigenvalue weighted by molar-refractivity contribution is 0.0582. The fraction of sp³-hybridized carbons (Fsp3) is 1.00. The predicted octanol–water partition coefficient (Wildman–Crippen LogP) is 0.806. The molecule has 0 amide bonds. The Morgan fingerprint density at radius 1 is 1.14 bits per heavy atom. The molecule has 2 fully saturated rings. The van der Waals surface area contributed by atoms with Gasteiger partial charge >= 0.3 is 0 Å². The molecule has 0 spiro atoms. The van der Waals surface area contributed by atoms with Gasteiger partial charge in [-0.05, 0) is 32.2 Å². The summed E-state index contributed by atoms with van der Waals surface area (Å²) in [5, 5.41) is 3.29. The number of nitrogens with zero attached hydrogens (tertiary/aromatic N) is 2. The van der Waals surface area contributed by atoms with Crippen LogP contribution >= 0.6 is 0 Å². The van der Waals surface area contributed by atoms with Crippen molar-refractivity contribution in [1.29, 1.82) is 0 Å². The second-order valence-corrected chi connectivity index (χ2v) is 7.79. The summed E-state index contributed by atoms with van der Waals surface area (Å²) in [6.45, 7) is 5.49. The van der Waals surface area contributed by atoms with E-state index in [1.54, 1.807) is 15.7 Å². The van der Waals surface area contributed by atoms with Gasteiger partial charge in [0.25, 0.3) is 10.2 Å². The topological polar surface area (TPSA) is 61.9 Å². The number of methoxy groups -OCH3 is 1. The van der Waals surface area contributed by atoms with E-state index in [1.165, 1.54) is 0 Å². The highest BCUT2D eigenvalue weighted by atomic mass is 32.2. The van der Waals surface area contributed by atoms with Gasteiger partial charge in [-0.25, -0.2) is 0 Å². The summed E-state index contributed by atoms with van der Waals surface area (Å²) in [6, 6.07) is 0.101. The molecule has 0 radical (unpaired) electrons. The average molecular weight is 319 g/mol. The van der Waals surface area contributed by atoms with Gasteiger partial charge in [-0.15, -0.1) is 0 Å². The van der Waals surface area contributed by atoms with E-state index in [1.807, 2.05) is 0 Å². The monoisotopic (exact) mass is 319 g/mol. The molecule has 21 heavy (non-hydrogen) atoms. The Balaban J connectivity index is 2.02. The minimum Gasteiger partial charge on any atom is -0.381 e. The Bertz CT molecular complexity index is 408. The molecule has 2 saturated heterocycles. The van der Waals surface area contributed by atoms with E-state index in [0.29, 0.717) is 19.6 Å². The number of ether oxygens (including phenoxy) is 1. The van der Waals surface area contributed by atoms with Crippen molar-refractivity contribution in [3.8, 4) is 0 Å². The molecule has 7 heteroatoms. The van der Waals surface area contributed by atoms with E-state index in [-0.39, 0.29) is 12.1 Å². The first-order valence-corrected chi connectivity index (χ1v) is 9.49. The maximum absolute atomic E-state index is 12.9. The molecule has 2 rings (SSSR count). The fourth-order valence-electron chi connectivity index (χ4n) is 3.24. The van der Waals surface area contributed by atoms with Gasteiger partial charge in [0.15, 0.2) is 0 Å². The van der Waals surface area contributed by atoms with E-state index in [2.05, 4.69) is 12.2 Å². The molecule has 2 heterocycles. The van der Waals surface area contributed by atoms with Crippen molar-refractivity contribution in [3.05, 3.63) is 0 Å². The maximum Gasteiger partial charge on any atom is 0.282 e. The highest BCUT2D eigenvalue weighted by Gasteiger charge is 2.37. The molecular weight excluding hydrogens is 290 g/mol. The molecule has 2 aliphatic rings. The summed E-state index contributed by atoms with van der Waals surface area (Å²) in [6.07, 6.45) is 4.84. The second kappa shape index (κ2) is 7.87. The molecule has 0 saturated carbocycles. The molecule has 2 aliphatic heterocycles. The van der Waals surface area contributed by atoms with Crippen molar-refractivity contribution in [2.24, 2.45) is 0 Å². The van der Waals surface area contributed by atoms with Crippen LogP contribution in [0, 0.1) is 0 Å². The molecule has 1 atom stereocenters. The summed E-state index contributed by atoms with van der Waals surface area (Å²) >= 11 is 0. The van der Waals surface area contributed by atoms with E-state index in [4.69, 9.17) is 4.74 Å². The molecule has 1 N–H and O–H groups in total. The standard InChI is InChI=1S/C14H29N3O3S/c1-3-15-12-13-6-4-5-9-17(13)21(18,19)16-10-7-14(20-2)8-11-16/h13-15H,3-12H2,1-2H3. The lowest BCUT2D eigenvalue weighted by Gasteiger charge is -2.40. The van der Waals surface area contributed by atoms with Crippen LogP contribution in [-0.2, 0) is 14.9 Å². The molecule has 0 aromatic heterocycles. The van der Waals surface area contributed by atoms with Gasteiger partial charge in [-0.1, -0.05) is 13.3 Å². The quantitative estimate of drug-likeness (QED) is 0.787. The Morgan fingerprint density at radius 3 is 2.48 bits per heavy atom. The second-order valence-electron chi connectivity index (χ2n) is 5.91. The minimum absolute atomic E-state index is 0.101. The Hall–Kier alpha value is -0.210. The fourth-order valence-corrected chi connectivity index (χ4v) is 5.13. The van der Waals surface area contributed by atoms with Crippen LogP contribution in [0.5, 0.6) is 0 Å². The van der Waals surface area contributed by atoms with E-state index in [0.717, 1.165) is 45.2 Å². The summed E-state index contributed by atoms with van der Waals surface area (Å²) in [5.74, 6) is 0. The van der Waals surface area contributed by atoms with E-state index in [9.17, 15) is 8.42 Å². The van der Waals surface area contributed by atoms with Crippen LogP contribution < -0.4 is 5.32 Å². The van der Waals surface area contributed by atoms with Gasteiger partial charge in [0.05, 0.1) is 6.10 Å². The minimum atomic E-state index is -3.33. The molecule has 0 aliphatic carbocycles. The third kappa shape index (κ3) is 4.16. The van der Waals surface area contributed by atoms with Gasteiger partial charge in [-0.3, -0.25) is 0 Å². The van der Waals surface area contributed by atoms with Crippen molar-refractivity contribution in [2.75, 3.05) is 39.8 Å². The Labute approximate surface area is 129 Å². The third-order valence-corrected chi connectivity index (χ3v) is 6.65. The molecule has 0 aromatic rings. The molecule has 0 aromatic carbocycles. The zero-order valence-electron chi connectivity index (χ0n) is 13.3. The smallest absolute Gasteiger partial charge is 0.282 e. The first kappa shape index (κ1) is 17.1. The van der Waals surface area contributed by atoms with E-state index >= 15 is 0 Å². The summed E-state index contributed by atoms with van der Waals surface area (Å²) in [4.78, 5) is 0. The average Bonchev–Trinajstić information content (AvgIpc) is 2.53. The van der Waals surface area contributed by atoms with E-state index < -0.39 is 10.2 Å². The largest absolute Gasteiger partial charge is 0.381 e. The molecule has 1 unspecified atom stereocenters. The molecule has 124 valence electrons. The zero-order valence-corrected chi connectivity index (χ0v) is 14.1. The van der Waals surface area contributed by atoms with Gasteiger partial charge in [0.1, 0.15) is 0 Å². The van der Waals surface area contributed by atoms with Crippen LogP contribution in [0.15, 0.2) is 0 Å². The van der Waals surface area contributed by atoms with Crippen LogP contribution in [0.3, 0.4) is 0 Å². The highest BCUT2D eigenvalue weighted by Crippen LogP contribution is 2.25. The van der Waals surface area contributed by atoms with Crippen molar-refractivity contribution in [2.45, 2.75) is 51.2 Å². The van der Waals surface area contributed by atoms with Crippen molar-refractivity contribution in [3.63, 3.8) is 0 Å².